The fourth-order valence-electron chi connectivity index (χ4n) is 1.18. The van der Waals surface area contributed by atoms with Crippen molar-refractivity contribution in [1.82, 2.24) is 0 Å². The van der Waals surface area contributed by atoms with Crippen molar-refractivity contribution >= 4 is 17.5 Å². The minimum Gasteiger partial charge on any atom is -0.298 e. The highest BCUT2D eigenvalue weighted by Gasteiger charge is 2.24. The molecule has 0 radical (unpaired) electrons. The molecule has 1 aliphatic heterocycles. The number of thioether (sulfide) groups is 1. The third kappa shape index (κ3) is 2.37. The number of carbonyl (C=O) groups excluding carboxylic acids is 1. The van der Waals surface area contributed by atoms with Crippen molar-refractivity contribution in [1.29, 1.82) is 0 Å². The van der Waals surface area contributed by atoms with Crippen molar-refractivity contribution in [2.75, 3.05) is 11.5 Å². The molecule has 1 rings (SSSR count). The molecule has 0 aromatic rings. The van der Waals surface area contributed by atoms with Gasteiger partial charge in [0.25, 0.3) is 0 Å². The fraction of sp³-hybridized carbons (Fsp3) is 0.667. The van der Waals surface area contributed by atoms with Gasteiger partial charge in [0, 0.05) is 11.7 Å². The predicted molar refractivity (Wildman–Crippen MR) is 49.9 cm³/mol. The largest absolute Gasteiger partial charge is 0.298 e. The van der Waals surface area contributed by atoms with Gasteiger partial charge in [0.1, 0.15) is 5.78 Å². The third-order valence-corrected chi connectivity index (χ3v) is 3.18. The summed E-state index contributed by atoms with van der Waals surface area (Å²) in [5, 5.41) is 0. The molecular weight excluding hydrogens is 156 g/mol. The number of allylic oxidation sites excluding steroid dienone is 1. The van der Waals surface area contributed by atoms with Crippen LogP contribution in [0.4, 0.5) is 0 Å². The highest BCUT2D eigenvalue weighted by Crippen LogP contribution is 2.26. The van der Waals surface area contributed by atoms with Crippen LogP contribution < -0.4 is 0 Å². The molecule has 1 nitrogen and oxygen atoms in total. The van der Waals surface area contributed by atoms with E-state index in [9.17, 15) is 4.79 Å². The Balaban J connectivity index is 2.36. The lowest BCUT2D eigenvalue weighted by molar-refractivity contribution is -0.119. The molecule has 1 aliphatic rings. The van der Waals surface area contributed by atoms with Gasteiger partial charge in [0.15, 0.2) is 0 Å². The molecule has 1 fully saturated rings. The molecule has 0 aromatic heterocycles. The zero-order chi connectivity index (χ0) is 8.27. The maximum absolute atomic E-state index is 11.2. The fourth-order valence-corrected chi connectivity index (χ4v) is 2.32. The van der Waals surface area contributed by atoms with Gasteiger partial charge in [0.05, 0.1) is 5.75 Å². The predicted octanol–water partition coefficient (Wildman–Crippen LogP) is 2.27. The van der Waals surface area contributed by atoms with E-state index in [2.05, 4.69) is 13.5 Å². The van der Waals surface area contributed by atoms with Crippen LogP contribution in [0, 0.1) is 5.92 Å². The Morgan fingerprint density at radius 1 is 1.82 bits per heavy atom. The highest BCUT2D eigenvalue weighted by molar-refractivity contribution is 8.00. The Labute approximate surface area is 72.2 Å². The van der Waals surface area contributed by atoms with Crippen LogP contribution >= 0.6 is 11.8 Å². The number of Topliss-reactive ketones (excluding diaryl/α,β-unsaturated/α-hetero) is 1. The number of ketones is 1. The van der Waals surface area contributed by atoms with Gasteiger partial charge in [-0.05, 0) is 12.8 Å². The maximum atomic E-state index is 11.2. The molecule has 11 heavy (non-hydrogen) atoms. The van der Waals surface area contributed by atoms with Crippen LogP contribution in [0.2, 0.25) is 0 Å². The average Bonchev–Trinajstić information content (AvgIpc) is 2.37. The second-order valence-electron chi connectivity index (χ2n) is 2.99. The molecule has 1 unspecified atom stereocenters. The average molecular weight is 170 g/mol. The van der Waals surface area contributed by atoms with Crippen LogP contribution in [0.5, 0.6) is 0 Å². The molecule has 2 heteroatoms. The molecule has 1 atom stereocenters. The lowest BCUT2D eigenvalue weighted by atomic mass is 9.98. The Bertz CT molecular complexity index is 174. The van der Waals surface area contributed by atoms with Crippen molar-refractivity contribution in [3.05, 3.63) is 12.2 Å². The minimum absolute atomic E-state index is 0.285. The van der Waals surface area contributed by atoms with E-state index in [-0.39, 0.29) is 5.92 Å². The molecular formula is C9H14OS. The van der Waals surface area contributed by atoms with E-state index in [4.69, 9.17) is 0 Å². The first-order valence-corrected chi connectivity index (χ1v) is 5.16. The van der Waals surface area contributed by atoms with Crippen molar-refractivity contribution in [2.45, 2.75) is 19.8 Å². The van der Waals surface area contributed by atoms with Gasteiger partial charge in [-0.1, -0.05) is 19.1 Å². The van der Waals surface area contributed by atoms with Crippen molar-refractivity contribution < 1.29 is 4.79 Å². The molecule has 62 valence electrons. The lowest BCUT2D eigenvalue weighted by Crippen LogP contribution is -2.11. The monoisotopic (exact) mass is 170 g/mol. The Morgan fingerprint density at radius 2 is 2.55 bits per heavy atom. The molecule has 0 amide bonds. The third-order valence-electron chi connectivity index (χ3n) is 2.05. The summed E-state index contributed by atoms with van der Waals surface area (Å²) in [6.07, 6.45) is 1.93. The Morgan fingerprint density at radius 3 is 3.00 bits per heavy atom. The summed E-state index contributed by atoms with van der Waals surface area (Å²) in [7, 11) is 0. The van der Waals surface area contributed by atoms with Crippen LogP contribution in [0.1, 0.15) is 19.8 Å². The summed E-state index contributed by atoms with van der Waals surface area (Å²) in [6.45, 7) is 6.00. The lowest BCUT2D eigenvalue weighted by Gasteiger charge is -2.06. The zero-order valence-electron chi connectivity index (χ0n) is 6.93. The van der Waals surface area contributed by atoms with Crippen molar-refractivity contribution in [3.63, 3.8) is 0 Å². The molecule has 0 N–H and O–H groups in total. The van der Waals surface area contributed by atoms with Crippen LogP contribution in [0.15, 0.2) is 12.2 Å². The summed E-state index contributed by atoms with van der Waals surface area (Å²) < 4.78 is 0. The Kier molecular flexibility index (Phi) is 3.18. The normalized spacial score (nSPS) is 24.1. The first-order chi connectivity index (χ1) is 5.24. The maximum Gasteiger partial charge on any atom is 0.146 e. The van der Waals surface area contributed by atoms with Crippen LogP contribution in [-0.2, 0) is 4.79 Å². The molecule has 0 aliphatic carbocycles. The number of rotatable bonds is 3. The van der Waals surface area contributed by atoms with E-state index in [0.29, 0.717) is 5.78 Å². The number of hydrogen-bond donors (Lipinski definition) is 0. The summed E-state index contributed by atoms with van der Waals surface area (Å²) in [5.74, 6) is 2.44. The number of hydrogen-bond acceptors (Lipinski definition) is 2. The van der Waals surface area contributed by atoms with Crippen LogP contribution in [0.25, 0.3) is 0 Å². The van der Waals surface area contributed by atoms with E-state index in [1.54, 1.807) is 11.8 Å². The van der Waals surface area contributed by atoms with E-state index >= 15 is 0 Å². The van der Waals surface area contributed by atoms with Gasteiger partial charge < -0.3 is 0 Å². The van der Waals surface area contributed by atoms with E-state index in [1.165, 1.54) is 5.57 Å². The molecule has 1 saturated heterocycles. The highest BCUT2D eigenvalue weighted by atomic mass is 32.2. The standard InChI is InChI=1S/C9H14OS/c1-3-7(2)4-8-5-11-6-9(8)10/h8H,2-6H2,1H3. The molecule has 0 saturated carbocycles. The minimum atomic E-state index is 0.285. The summed E-state index contributed by atoms with van der Waals surface area (Å²) in [5.41, 5.74) is 1.21. The van der Waals surface area contributed by atoms with Gasteiger partial charge in [-0.15, -0.1) is 0 Å². The van der Waals surface area contributed by atoms with E-state index in [0.717, 1.165) is 24.3 Å². The van der Waals surface area contributed by atoms with Crippen LogP contribution in [-0.4, -0.2) is 17.3 Å². The summed E-state index contributed by atoms with van der Waals surface area (Å²) >= 11 is 1.75. The second kappa shape index (κ2) is 3.96. The van der Waals surface area contributed by atoms with Crippen molar-refractivity contribution in [2.24, 2.45) is 5.92 Å². The van der Waals surface area contributed by atoms with E-state index in [1.807, 2.05) is 0 Å². The molecule has 0 spiro atoms. The summed E-state index contributed by atoms with van der Waals surface area (Å²) in [4.78, 5) is 11.2. The van der Waals surface area contributed by atoms with Gasteiger partial charge in [-0.2, -0.15) is 11.8 Å². The first-order valence-electron chi connectivity index (χ1n) is 4.01. The second-order valence-corrected chi connectivity index (χ2v) is 4.02. The van der Waals surface area contributed by atoms with E-state index < -0.39 is 0 Å². The first kappa shape index (κ1) is 8.85. The van der Waals surface area contributed by atoms with Gasteiger partial charge in [-0.3, -0.25) is 4.79 Å². The molecule has 0 aromatic carbocycles. The quantitative estimate of drug-likeness (QED) is 0.604. The summed E-state index contributed by atoms with van der Waals surface area (Å²) in [6, 6.07) is 0. The van der Waals surface area contributed by atoms with Gasteiger partial charge in [-0.25, -0.2) is 0 Å². The molecule has 0 bridgehead atoms. The molecule has 1 heterocycles. The van der Waals surface area contributed by atoms with Gasteiger partial charge in [0.2, 0.25) is 0 Å². The zero-order valence-corrected chi connectivity index (χ0v) is 7.75. The Hall–Kier alpha value is -0.240. The number of carbonyl (C=O) groups is 1. The SMILES string of the molecule is C=C(CC)CC1CSCC1=O. The van der Waals surface area contributed by atoms with Gasteiger partial charge >= 0.3 is 0 Å². The van der Waals surface area contributed by atoms with Crippen LogP contribution in [0.3, 0.4) is 0 Å². The van der Waals surface area contributed by atoms with Crippen molar-refractivity contribution in [3.8, 4) is 0 Å². The topological polar surface area (TPSA) is 17.1 Å². The smallest absolute Gasteiger partial charge is 0.146 e.